The van der Waals surface area contributed by atoms with Crippen LogP contribution in [0.15, 0.2) is 36.5 Å². The average molecular weight is 315 g/mol. The highest BCUT2D eigenvalue weighted by atomic mass is 16.5. The van der Waals surface area contributed by atoms with Gasteiger partial charge in [-0.1, -0.05) is 18.2 Å². The van der Waals surface area contributed by atoms with E-state index in [-0.39, 0.29) is 0 Å². The Hall–Kier alpha value is -1.69. The summed E-state index contributed by atoms with van der Waals surface area (Å²) in [6, 6.07) is 10.5. The summed E-state index contributed by atoms with van der Waals surface area (Å²) in [5, 5.41) is 4.63. The maximum Gasteiger partial charge on any atom is 0.145 e. The Balaban J connectivity index is 1.42. The first kappa shape index (κ1) is 16.2. The molecule has 0 amide bonds. The van der Waals surface area contributed by atoms with E-state index in [4.69, 9.17) is 9.47 Å². The van der Waals surface area contributed by atoms with Gasteiger partial charge in [-0.3, -0.25) is 9.88 Å². The van der Waals surface area contributed by atoms with Gasteiger partial charge in [0.2, 0.25) is 0 Å². The highest BCUT2D eigenvalue weighted by Gasteiger charge is 2.13. The summed E-state index contributed by atoms with van der Waals surface area (Å²) in [5.41, 5.74) is 0.927. The van der Waals surface area contributed by atoms with Crippen molar-refractivity contribution in [2.24, 2.45) is 0 Å². The van der Waals surface area contributed by atoms with Crippen LogP contribution < -0.4 is 10.1 Å². The van der Waals surface area contributed by atoms with Crippen molar-refractivity contribution in [2.45, 2.75) is 13.0 Å². The van der Waals surface area contributed by atoms with E-state index in [0.29, 0.717) is 12.6 Å². The third-order valence-electron chi connectivity index (χ3n) is 4.08. The Morgan fingerprint density at radius 2 is 2.09 bits per heavy atom. The minimum atomic E-state index is 0.447. The monoisotopic (exact) mass is 315 g/mol. The molecule has 1 aliphatic rings. The highest BCUT2D eigenvalue weighted by molar-refractivity contribution is 5.84. The molecule has 1 atom stereocenters. The van der Waals surface area contributed by atoms with Crippen molar-refractivity contribution in [1.82, 2.24) is 15.2 Å². The standard InChI is InChI=1S/C18H25N3O2/c1-15(14-21-9-12-22-13-10-21)19-8-11-23-17-6-2-4-16-5-3-7-20-18(16)17/h2-7,15,19H,8-14H2,1H3. The van der Waals surface area contributed by atoms with E-state index in [1.54, 1.807) is 6.20 Å². The molecule has 0 spiro atoms. The number of nitrogens with zero attached hydrogens (tertiary/aromatic N) is 2. The number of morpholine rings is 1. The summed E-state index contributed by atoms with van der Waals surface area (Å²) in [5.74, 6) is 0.853. The lowest BCUT2D eigenvalue weighted by molar-refractivity contribution is 0.0343. The second kappa shape index (κ2) is 8.24. The molecule has 0 bridgehead atoms. The van der Waals surface area contributed by atoms with Crippen molar-refractivity contribution in [3.05, 3.63) is 36.5 Å². The van der Waals surface area contributed by atoms with Crippen LogP contribution in [0.1, 0.15) is 6.92 Å². The topological polar surface area (TPSA) is 46.6 Å². The summed E-state index contributed by atoms with van der Waals surface area (Å²) >= 11 is 0. The van der Waals surface area contributed by atoms with Crippen molar-refractivity contribution in [2.75, 3.05) is 46.0 Å². The van der Waals surface area contributed by atoms with Crippen LogP contribution in [-0.2, 0) is 4.74 Å². The van der Waals surface area contributed by atoms with E-state index >= 15 is 0 Å². The van der Waals surface area contributed by atoms with Crippen LogP contribution in [0.3, 0.4) is 0 Å². The number of benzene rings is 1. The van der Waals surface area contributed by atoms with Gasteiger partial charge in [0, 0.05) is 43.8 Å². The Morgan fingerprint density at radius 1 is 1.26 bits per heavy atom. The molecular formula is C18H25N3O2. The summed E-state index contributed by atoms with van der Waals surface area (Å²) in [6.45, 7) is 8.51. The Kier molecular flexibility index (Phi) is 5.80. The molecule has 1 fully saturated rings. The summed E-state index contributed by atoms with van der Waals surface area (Å²) in [4.78, 5) is 6.85. The minimum absolute atomic E-state index is 0.447. The molecule has 3 rings (SSSR count). The number of hydrogen-bond donors (Lipinski definition) is 1. The SMILES string of the molecule is CC(CN1CCOCC1)NCCOc1cccc2cccnc12. The molecule has 1 N–H and O–H groups in total. The third-order valence-corrected chi connectivity index (χ3v) is 4.08. The van der Waals surface area contributed by atoms with Crippen molar-refractivity contribution in [3.63, 3.8) is 0 Å². The van der Waals surface area contributed by atoms with Gasteiger partial charge in [0.1, 0.15) is 17.9 Å². The van der Waals surface area contributed by atoms with Crippen LogP contribution in [0, 0.1) is 0 Å². The molecule has 124 valence electrons. The molecular weight excluding hydrogens is 290 g/mol. The second-order valence-corrected chi connectivity index (χ2v) is 5.95. The summed E-state index contributed by atoms with van der Waals surface area (Å²) in [7, 11) is 0. The lowest BCUT2D eigenvalue weighted by atomic mass is 10.2. The lowest BCUT2D eigenvalue weighted by Crippen LogP contribution is -2.45. The van der Waals surface area contributed by atoms with E-state index in [1.165, 1.54) is 0 Å². The van der Waals surface area contributed by atoms with Gasteiger partial charge in [0.15, 0.2) is 0 Å². The molecule has 1 aromatic carbocycles. The number of rotatable bonds is 7. The Bertz CT molecular complexity index is 609. The van der Waals surface area contributed by atoms with Crippen LogP contribution in [0.2, 0.25) is 0 Å². The zero-order chi connectivity index (χ0) is 15.9. The van der Waals surface area contributed by atoms with E-state index in [2.05, 4.69) is 34.3 Å². The van der Waals surface area contributed by atoms with Gasteiger partial charge < -0.3 is 14.8 Å². The number of ether oxygens (including phenoxy) is 2. The maximum atomic E-state index is 5.90. The molecule has 1 saturated heterocycles. The summed E-state index contributed by atoms with van der Waals surface area (Å²) in [6.07, 6.45) is 1.80. The molecule has 1 aromatic heterocycles. The van der Waals surface area contributed by atoms with Crippen LogP contribution in [0.5, 0.6) is 5.75 Å². The zero-order valence-corrected chi connectivity index (χ0v) is 13.7. The van der Waals surface area contributed by atoms with Gasteiger partial charge in [0.05, 0.1) is 13.2 Å². The molecule has 5 nitrogen and oxygen atoms in total. The molecule has 2 aromatic rings. The Labute approximate surface area is 137 Å². The Morgan fingerprint density at radius 3 is 2.96 bits per heavy atom. The first-order valence-corrected chi connectivity index (χ1v) is 8.33. The van der Waals surface area contributed by atoms with Crippen LogP contribution in [0.25, 0.3) is 10.9 Å². The molecule has 0 radical (unpaired) electrons. The minimum Gasteiger partial charge on any atom is -0.490 e. The molecule has 0 saturated carbocycles. The first-order chi connectivity index (χ1) is 11.3. The lowest BCUT2D eigenvalue weighted by Gasteiger charge is -2.29. The average Bonchev–Trinajstić information content (AvgIpc) is 2.60. The van der Waals surface area contributed by atoms with Gasteiger partial charge in [-0.05, 0) is 19.1 Å². The number of fused-ring (bicyclic) bond motifs is 1. The zero-order valence-electron chi connectivity index (χ0n) is 13.7. The molecule has 23 heavy (non-hydrogen) atoms. The first-order valence-electron chi connectivity index (χ1n) is 8.33. The second-order valence-electron chi connectivity index (χ2n) is 5.95. The normalized spacial score (nSPS) is 17.3. The van der Waals surface area contributed by atoms with Crippen molar-refractivity contribution >= 4 is 10.9 Å². The van der Waals surface area contributed by atoms with Crippen molar-refractivity contribution in [1.29, 1.82) is 0 Å². The molecule has 2 heterocycles. The van der Waals surface area contributed by atoms with E-state index in [9.17, 15) is 0 Å². The van der Waals surface area contributed by atoms with E-state index in [1.807, 2.05) is 18.2 Å². The van der Waals surface area contributed by atoms with Gasteiger partial charge in [-0.25, -0.2) is 0 Å². The number of aromatic nitrogens is 1. The maximum absolute atomic E-state index is 5.90. The van der Waals surface area contributed by atoms with Crippen LogP contribution >= 0.6 is 0 Å². The van der Waals surface area contributed by atoms with Gasteiger partial charge in [0.25, 0.3) is 0 Å². The van der Waals surface area contributed by atoms with Crippen molar-refractivity contribution < 1.29 is 9.47 Å². The molecule has 5 heteroatoms. The van der Waals surface area contributed by atoms with Crippen LogP contribution in [-0.4, -0.2) is 61.9 Å². The fourth-order valence-corrected chi connectivity index (χ4v) is 2.89. The van der Waals surface area contributed by atoms with E-state index < -0.39 is 0 Å². The fraction of sp³-hybridized carbons (Fsp3) is 0.500. The predicted octanol–water partition coefficient (Wildman–Crippen LogP) is 1.92. The third kappa shape index (κ3) is 4.64. The van der Waals surface area contributed by atoms with Gasteiger partial charge in [-0.15, -0.1) is 0 Å². The summed E-state index contributed by atoms with van der Waals surface area (Å²) < 4.78 is 11.3. The molecule has 1 aliphatic heterocycles. The number of para-hydroxylation sites is 1. The van der Waals surface area contributed by atoms with Gasteiger partial charge >= 0.3 is 0 Å². The highest BCUT2D eigenvalue weighted by Crippen LogP contribution is 2.22. The van der Waals surface area contributed by atoms with Gasteiger partial charge in [-0.2, -0.15) is 0 Å². The predicted molar refractivity (Wildman–Crippen MR) is 92.0 cm³/mol. The smallest absolute Gasteiger partial charge is 0.145 e. The number of hydrogen-bond acceptors (Lipinski definition) is 5. The quantitative estimate of drug-likeness (QED) is 0.791. The van der Waals surface area contributed by atoms with Crippen LogP contribution in [0.4, 0.5) is 0 Å². The largest absolute Gasteiger partial charge is 0.490 e. The van der Waals surface area contributed by atoms with Crippen molar-refractivity contribution in [3.8, 4) is 5.75 Å². The number of pyridine rings is 1. The number of nitrogens with one attached hydrogen (secondary N) is 1. The fourth-order valence-electron chi connectivity index (χ4n) is 2.89. The molecule has 1 unspecified atom stereocenters. The molecule has 0 aliphatic carbocycles. The van der Waals surface area contributed by atoms with E-state index in [0.717, 1.165) is 56.0 Å².